The number of aromatic nitrogens is 2. The van der Waals surface area contributed by atoms with E-state index in [-0.39, 0.29) is 11.8 Å². The predicted octanol–water partition coefficient (Wildman–Crippen LogP) is -0.215. The van der Waals surface area contributed by atoms with E-state index in [0.29, 0.717) is 23.8 Å². The minimum atomic E-state index is -0.394. The Kier molecular flexibility index (Phi) is 4.61. The molecule has 0 spiro atoms. The van der Waals surface area contributed by atoms with Gasteiger partial charge in [0, 0.05) is 45.5 Å². The second-order valence-corrected chi connectivity index (χ2v) is 6.60. The molecule has 0 aromatic carbocycles. The molecule has 126 valence electrons. The van der Waals surface area contributed by atoms with E-state index in [1.165, 1.54) is 6.92 Å². The van der Waals surface area contributed by atoms with Crippen LogP contribution in [0.5, 0.6) is 0 Å². The Morgan fingerprint density at radius 2 is 1.96 bits per heavy atom. The van der Waals surface area contributed by atoms with Gasteiger partial charge in [0.15, 0.2) is 5.78 Å². The Morgan fingerprint density at radius 1 is 1.26 bits per heavy atom. The molecule has 3 heterocycles. The standard InChI is InChI=1S/C16H25N5O2/c1-11-13(12(2)22)8-17-16(18-11)21-9-14(15(23)10-21)20-6-4-19(3)5-7-20/h8,14-15,23H,4-7,9-10H2,1-3H3/t14-,15-/m1/s1. The van der Waals surface area contributed by atoms with E-state index in [2.05, 4.69) is 26.8 Å². The molecule has 2 aliphatic heterocycles. The monoisotopic (exact) mass is 319 g/mol. The largest absolute Gasteiger partial charge is 0.390 e. The highest BCUT2D eigenvalue weighted by Crippen LogP contribution is 2.22. The number of ketones is 1. The first kappa shape index (κ1) is 16.3. The highest BCUT2D eigenvalue weighted by molar-refractivity contribution is 5.94. The van der Waals surface area contributed by atoms with Gasteiger partial charge in [0.1, 0.15) is 0 Å². The van der Waals surface area contributed by atoms with Crippen LogP contribution in [0.25, 0.3) is 0 Å². The quantitative estimate of drug-likeness (QED) is 0.773. The minimum absolute atomic E-state index is 0.0224. The molecule has 23 heavy (non-hydrogen) atoms. The van der Waals surface area contributed by atoms with Crippen LogP contribution in [-0.4, -0.2) is 89.1 Å². The molecular weight excluding hydrogens is 294 g/mol. The number of β-amino-alcohol motifs (C(OH)–C–C–N with tert-alkyl or cyclic N) is 1. The van der Waals surface area contributed by atoms with Crippen LogP contribution in [0.4, 0.5) is 5.95 Å². The van der Waals surface area contributed by atoms with Crippen LogP contribution >= 0.6 is 0 Å². The van der Waals surface area contributed by atoms with E-state index in [0.717, 1.165) is 32.7 Å². The fraction of sp³-hybridized carbons (Fsp3) is 0.688. The first-order valence-electron chi connectivity index (χ1n) is 8.16. The fourth-order valence-corrected chi connectivity index (χ4v) is 3.40. The molecule has 1 N–H and O–H groups in total. The molecule has 0 saturated carbocycles. The summed E-state index contributed by atoms with van der Waals surface area (Å²) in [5, 5.41) is 10.4. The van der Waals surface area contributed by atoms with Gasteiger partial charge in [-0.2, -0.15) is 0 Å². The van der Waals surface area contributed by atoms with Crippen molar-refractivity contribution in [1.29, 1.82) is 0 Å². The summed E-state index contributed by atoms with van der Waals surface area (Å²) in [5.74, 6) is 0.578. The van der Waals surface area contributed by atoms with E-state index in [1.54, 1.807) is 6.20 Å². The zero-order chi connectivity index (χ0) is 16.6. The number of likely N-dealkylation sites (N-methyl/N-ethyl adjacent to an activating group) is 1. The average molecular weight is 319 g/mol. The van der Waals surface area contributed by atoms with Crippen LogP contribution in [0.2, 0.25) is 0 Å². The number of piperazine rings is 1. The Hall–Kier alpha value is -1.57. The third-order valence-corrected chi connectivity index (χ3v) is 4.89. The van der Waals surface area contributed by atoms with Crippen molar-refractivity contribution in [3.63, 3.8) is 0 Å². The SMILES string of the molecule is CC(=O)c1cnc(N2C[C@@H](O)[C@H](N3CCN(C)CC3)C2)nc1C. The number of hydrogen-bond acceptors (Lipinski definition) is 7. The predicted molar refractivity (Wildman–Crippen MR) is 87.9 cm³/mol. The molecule has 2 fully saturated rings. The van der Waals surface area contributed by atoms with Crippen LogP contribution in [0.1, 0.15) is 23.0 Å². The topological polar surface area (TPSA) is 72.8 Å². The van der Waals surface area contributed by atoms with E-state index >= 15 is 0 Å². The summed E-state index contributed by atoms with van der Waals surface area (Å²) in [7, 11) is 2.13. The molecule has 0 radical (unpaired) electrons. The third kappa shape index (κ3) is 3.36. The van der Waals surface area contributed by atoms with E-state index in [1.807, 2.05) is 11.8 Å². The Morgan fingerprint density at radius 3 is 2.57 bits per heavy atom. The van der Waals surface area contributed by atoms with Crippen LogP contribution in [0, 0.1) is 6.92 Å². The number of hydrogen-bond donors (Lipinski definition) is 1. The Balaban J connectivity index is 1.71. The lowest BCUT2D eigenvalue weighted by atomic mass is 10.1. The van der Waals surface area contributed by atoms with Gasteiger partial charge in [0.25, 0.3) is 0 Å². The summed E-state index contributed by atoms with van der Waals surface area (Å²) in [6, 6.07) is 0.125. The Labute approximate surface area is 136 Å². The van der Waals surface area contributed by atoms with Crippen LogP contribution < -0.4 is 4.90 Å². The lowest BCUT2D eigenvalue weighted by Crippen LogP contribution is -2.52. The Bertz CT molecular complexity index is 586. The molecule has 2 atom stereocenters. The molecular formula is C16H25N5O2. The summed E-state index contributed by atoms with van der Waals surface area (Å²) in [6.45, 7) is 8.64. The summed E-state index contributed by atoms with van der Waals surface area (Å²) in [5.41, 5.74) is 1.25. The number of carbonyl (C=O) groups is 1. The highest BCUT2D eigenvalue weighted by atomic mass is 16.3. The van der Waals surface area contributed by atoms with Crippen molar-refractivity contribution in [3.05, 3.63) is 17.5 Å². The van der Waals surface area contributed by atoms with Crippen molar-refractivity contribution in [2.75, 3.05) is 51.2 Å². The number of anilines is 1. The van der Waals surface area contributed by atoms with Gasteiger partial charge in [-0.3, -0.25) is 9.69 Å². The van der Waals surface area contributed by atoms with Crippen molar-refractivity contribution in [3.8, 4) is 0 Å². The van der Waals surface area contributed by atoms with Gasteiger partial charge in [-0.25, -0.2) is 9.97 Å². The van der Waals surface area contributed by atoms with Crippen molar-refractivity contribution in [2.24, 2.45) is 0 Å². The number of rotatable bonds is 3. The summed E-state index contributed by atoms with van der Waals surface area (Å²) in [6.07, 6.45) is 1.20. The van der Waals surface area contributed by atoms with Gasteiger partial charge in [-0.1, -0.05) is 0 Å². The molecule has 7 nitrogen and oxygen atoms in total. The maximum absolute atomic E-state index is 11.5. The number of nitrogens with zero attached hydrogens (tertiary/aromatic N) is 5. The van der Waals surface area contributed by atoms with Crippen molar-refractivity contribution in [2.45, 2.75) is 26.0 Å². The third-order valence-electron chi connectivity index (χ3n) is 4.89. The summed E-state index contributed by atoms with van der Waals surface area (Å²) >= 11 is 0. The minimum Gasteiger partial charge on any atom is -0.390 e. The molecule has 1 aromatic heterocycles. The molecule has 0 bridgehead atoms. The first-order valence-corrected chi connectivity index (χ1v) is 8.16. The summed E-state index contributed by atoms with van der Waals surface area (Å²) in [4.78, 5) is 27.0. The zero-order valence-corrected chi connectivity index (χ0v) is 14.1. The van der Waals surface area contributed by atoms with Crippen LogP contribution in [0.3, 0.4) is 0 Å². The number of Topliss-reactive ketones (excluding diaryl/α,β-unsaturated/α-hetero) is 1. The van der Waals surface area contributed by atoms with E-state index < -0.39 is 6.10 Å². The maximum atomic E-state index is 11.5. The number of aliphatic hydroxyl groups excluding tert-OH is 1. The van der Waals surface area contributed by atoms with Crippen molar-refractivity contribution in [1.82, 2.24) is 19.8 Å². The average Bonchev–Trinajstić information content (AvgIpc) is 2.89. The van der Waals surface area contributed by atoms with E-state index in [9.17, 15) is 9.90 Å². The van der Waals surface area contributed by atoms with Crippen LogP contribution in [-0.2, 0) is 0 Å². The molecule has 1 aromatic rings. The number of aryl methyl sites for hydroxylation is 1. The van der Waals surface area contributed by atoms with Crippen molar-refractivity contribution < 1.29 is 9.90 Å². The molecule has 0 unspecified atom stereocenters. The summed E-state index contributed by atoms with van der Waals surface area (Å²) < 4.78 is 0. The second-order valence-electron chi connectivity index (χ2n) is 6.60. The lowest BCUT2D eigenvalue weighted by Gasteiger charge is -2.37. The van der Waals surface area contributed by atoms with Gasteiger partial charge in [0.05, 0.1) is 23.4 Å². The normalized spacial score (nSPS) is 26.7. The fourth-order valence-electron chi connectivity index (χ4n) is 3.40. The maximum Gasteiger partial charge on any atom is 0.225 e. The van der Waals surface area contributed by atoms with Crippen LogP contribution in [0.15, 0.2) is 6.20 Å². The van der Waals surface area contributed by atoms with Gasteiger partial charge in [-0.05, 0) is 20.9 Å². The molecule has 2 saturated heterocycles. The number of aliphatic hydroxyl groups is 1. The lowest BCUT2D eigenvalue weighted by molar-refractivity contribution is 0.0512. The molecule has 3 rings (SSSR count). The van der Waals surface area contributed by atoms with Gasteiger partial charge in [0.2, 0.25) is 5.95 Å². The molecule has 7 heteroatoms. The van der Waals surface area contributed by atoms with Gasteiger partial charge >= 0.3 is 0 Å². The first-order chi connectivity index (χ1) is 11.0. The smallest absolute Gasteiger partial charge is 0.225 e. The zero-order valence-electron chi connectivity index (χ0n) is 14.1. The number of carbonyl (C=O) groups excluding carboxylic acids is 1. The molecule has 2 aliphatic rings. The van der Waals surface area contributed by atoms with Gasteiger partial charge < -0.3 is 14.9 Å². The van der Waals surface area contributed by atoms with E-state index in [4.69, 9.17) is 0 Å². The van der Waals surface area contributed by atoms with Gasteiger partial charge in [-0.15, -0.1) is 0 Å². The van der Waals surface area contributed by atoms with Crippen molar-refractivity contribution >= 4 is 11.7 Å². The second kappa shape index (κ2) is 6.51. The molecule has 0 aliphatic carbocycles. The highest BCUT2D eigenvalue weighted by Gasteiger charge is 2.37. The molecule has 0 amide bonds.